The molecule has 0 spiro atoms. The zero-order valence-electron chi connectivity index (χ0n) is 28.3. The Balaban J connectivity index is 1.56. The molecule has 4 aliphatic rings. The van der Waals surface area contributed by atoms with Crippen LogP contribution in [0, 0.1) is 6.92 Å². The van der Waals surface area contributed by atoms with Gasteiger partial charge in [-0.2, -0.15) is 0 Å². The summed E-state index contributed by atoms with van der Waals surface area (Å²) >= 11 is 13.0. The second-order valence-electron chi connectivity index (χ2n) is 12.8. The maximum absolute atomic E-state index is 14.7. The highest BCUT2D eigenvalue weighted by Crippen LogP contribution is 2.58. The van der Waals surface area contributed by atoms with Crippen LogP contribution in [0.3, 0.4) is 0 Å². The van der Waals surface area contributed by atoms with Crippen molar-refractivity contribution in [3.05, 3.63) is 66.3 Å². The molecule has 278 valence electrons. The molecular formula is C34H33Cl2NO15. The number of phenolic OH excluding ortho intramolecular Hbond substituents is 2. The third-order valence-corrected chi connectivity index (χ3v) is 11.3. The molecule has 8 atom stereocenters. The van der Waals surface area contributed by atoms with Crippen LogP contribution in [-0.2, 0) is 35.7 Å². The maximum Gasteiger partial charge on any atom is 0.341 e. The second-order valence-corrected chi connectivity index (χ2v) is 13.5. The highest BCUT2D eigenvalue weighted by molar-refractivity contribution is 6.50. The van der Waals surface area contributed by atoms with Crippen molar-refractivity contribution in [1.29, 1.82) is 0 Å². The zero-order valence-corrected chi connectivity index (χ0v) is 29.8. The van der Waals surface area contributed by atoms with Crippen molar-refractivity contribution >= 4 is 52.3 Å². The number of carbonyl (C=O) groups is 5. The molecule has 0 radical (unpaired) electrons. The molecule has 0 amide bonds. The van der Waals surface area contributed by atoms with E-state index in [1.807, 2.05) is 0 Å². The summed E-state index contributed by atoms with van der Waals surface area (Å²) in [5.74, 6) is -8.47. The summed E-state index contributed by atoms with van der Waals surface area (Å²) in [4.78, 5) is 69.8. The summed E-state index contributed by atoms with van der Waals surface area (Å²) in [5.41, 5.74) is -11.6. The van der Waals surface area contributed by atoms with Gasteiger partial charge in [-0.25, -0.2) is 4.79 Å². The average Bonchev–Trinajstić information content (AvgIpc) is 3.10. The summed E-state index contributed by atoms with van der Waals surface area (Å²) in [6.07, 6.45) is -8.00. The van der Waals surface area contributed by atoms with E-state index in [9.17, 15) is 49.5 Å². The molecule has 16 nitrogen and oxygen atoms in total. The quantitative estimate of drug-likeness (QED) is 0.224. The highest BCUT2D eigenvalue weighted by atomic mass is 35.5. The molecule has 6 N–H and O–H groups in total. The zero-order chi connectivity index (χ0) is 38.5. The molecule has 1 saturated heterocycles. The second kappa shape index (κ2) is 12.9. The first-order chi connectivity index (χ1) is 24.4. The highest BCUT2D eigenvalue weighted by Gasteiger charge is 2.73. The van der Waals surface area contributed by atoms with Crippen LogP contribution in [0.1, 0.15) is 75.4 Å². The van der Waals surface area contributed by atoms with Gasteiger partial charge in [-0.05, 0) is 31.0 Å². The summed E-state index contributed by atoms with van der Waals surface area (Å²) < 4.78 is 26.8. The fraction of sp³-hybridized carbons (Fsp3) is 0.441. The minimum atomic E-state index is -3.36. The Morgan fingerprint density at radius 3 is 2.15 bits per heavy atom. The van der Waals surface area contributed by atoms with Crippen LogP contribution in [0.25, 0.3) is 0 Å². The molecule has 0 aromatic heterocycles. The van der Waals surface area contributed by atoms with E-state index in [4.69, 9.17) is 46.9 Å². The van der Waals surface area contributed by atoms with Crippen molar-refractivity contribution in [2.45, 2.75) is 68.2 Å². The number of hydrogen-bond acceptors (Lipinski definition) is 16. The van der Waals surface area contributed by atoms with Crippen LogP contribution < -0.4 is 5.32 Å². The SMILES string of the molecule is COC(=O)c1c(C)c(Cl)c2c(c1O)[C@]1(O)C(=O)c3cc4c(c(O)c3C(=O)[C@]1(OC)[C@@H](O)C2)C(=O)C(Cl)=C(NC1OC(C)C(OC)C(O)C1OC)C4=O. The minimum absolute atomic E-state index is 0.0303. The number of esters is 1. The molecule has 1 fully saturated rings. The number of rotatable bonds is 6. The molecule has 2 aromatic carbocycles. The number of aromatic hydroxyl groups is 2. The third kappa shape index (κ3) is 4.63. The number of carbonyl (C=O) groups excluding carboxylic acids is 5. The van der Waals surface area contributed by atoms with Crippen molar-refractivity contribution in [2.24, 2.45) is 0 Å². The average molecular weight is 767 g/mol. The smallest absolute Gasteiger partial charge is 0.341 e. The van der Waals surface area contributed by atoms with Gasteiger partial charge in [0.2, 0.25) is 23.1 Å². The van der Waals surface area contributed by atoms with E-state index in [-0.39, 0.29) is 16.1 Å². The van der Waals surface area contributed by atoms with Crippen LogP contribution in [0.2, 0.25) is 5.02 Å². The first-order valence-corrected chi connectivity index (χ1v) is 16.4. The number of phenols is 2. The first-order valence-electron chi connectivity index (χ1n) is 15.6. The predicted molar refractivity (Wildman–Crippen MR) is 176 cm³/mol. The van der Waals surface area contributed by atoms with Crippen LogP contribution in [0.5, 0.6) is 11.5 Å². The number of nitrogens with one attached hydrogen (secondary N) is 1. The van der Waals surface area contributed by atoms with E-state index in [1.54, 1.807) is 6.92 Å². The summed E-state index contributed by atoms with van der Waals surface area (Å²) in [7, 11) is 4.48. The van der Waals surface area contributed by atoms with Gasteiger partial charge >= 0.3 is 5.97 Å². The lowest BCUT2D eigenvalue weighted by Gasteiger charge is -2.53. The van der Waals surface area contributed by atoms with Crippen LogP contribution >= 0.6 is 23.2 Å². The molecule has 2 aromatic rings. The number of aliphatic hydroxyl groups is 3. The van der Waals surface area contributed by atoms with Gasteiger partial charge in [0, 0.05) is 49.5 Å². The van der Waals surface area contributed by atoms with Crippen LogP contribution in [-0.4, -0.2) is 125 Å². The molecule has 5 unspecified atom stereocenters. The van der Waals surface area contributed by atoms with Gasteiger partial charge in [0.05, 0.1) is 30.4 Å². The first kappa shape index (κ1) is 37.8. The van der Waals surface area contributed by atoms with Crippen molar-refractivity contribution in [2.75, 3.05) is 28.4 Å². The van der Waals surface area contributed by atoms with E-state index in [2.05, 4.69) is 5.32 Å². The van der Waals surface area contributed by atoms with E-state index in [0.717, 1.165) is 20.3 Å². The Morgan fingerprint density at radius 2 is 1.58 bits per heavy atom. The molecule has 6 rings (SSSR count). The molecule has 0 saturated carbocycles. The van der Waals surface area contributed by atoms with Crippen molar-refractivity contribution in [1.82, 2.24) is 5.32 Å². The van der Waals surface area contributed by atoms with E-state index in [0.29, 0.717) is 0 Å². The van der Waals surface area contributed by atoms with Gasteiger partial charge in [0.15, 0.2) is 17.4 Å². The predicted octanol–water partition coefficient (Wildman–Crippen LogP) is 0.970. The Labute approximate surface area is 304 Å². The van der Waals surface area contributed by atoms with Crippen molar-refractivity contribution in [3.63, 3.8) is 0 Å². The number of ether oxygens (including phenoxy) is 5. The van der Waals surface area contributed by atoms with Gasteiger partial charge in [-0.15, -0.1) is 0 Å². The fourth-order valence-electron chi connectivity index (χ4n) is 7.90. The number of methoxy groups -OCH3 is 4. The standard InChI is InChI=1S/C34H33Cl2NO15/c1-9-15(32(46)50-5)24(41)18-13(19(9)35)8-14(38)34(51-6)30(45)17-12(29(44)33(18,34)47)7-11-16(23(17)40)25(42)20(36)21(22(11)39)37-31-28(49-4)26(43)27(48-3)10(2)52-31/h7,10,14,26-28,31,37-38,40-41,43,47H,8H2,1-6H3/t10?,14-,26?,27?,28?,31?,33-,34+/m0/s1. The van der Waals surface area contributed by atoms with Gasteiger partial charge in [-0.3, -0.25) is 19.2 Å². The number of Topliss-reactive ketones (excluding diaryl/α,β-unsaturated/α-hetero) is 4. The number of allylic oxidation sites excluding steroid dienone is 2. The number of aliphatic hydroxyl groups excluding tert-OH is 2. The summed E-state index contributed by atoms with van der Waals surface area (Å²) in [5, 5.41) is 59.6. The van der Waals surface area contributed by atoms with Gasteiger partial charge < -0.3 is 54.5 Å². The summed E-state index contributed by atoms with van der Waals surface area (Å²) in [6, 6.07) is 0.774. The Kier molecular flexibility index (Phi) is 9.34. The normalized spacial score (nSPS) is 31.1. The maximum atomic E-state index is 14.7. The molecule has 1 heterocycles. The number of ketones is 4. The molecule has 1 aliphatic heterocycles. The number of hydrogen-bond donors (Lipinski definition) is 6. The summed E-state index contributed by atoms with van der Waals surface area (Å²) in [6.45, 7) is 2.92. The van der Waals surface area contributed by atoms with E-state index >= 15 is 0 Å². The van der Waals surface area contributed by atoms with Crippen molar-refractivity contribution in [3.8, 4) is 11.5 Å². The molecule has 18 heteroatoms. The Bertz CT molecular complexity index is 2030. The topological polar surface area (TPSA) is 245 Å². The molecule has 52 heavy (non-hydrogen) atoms. The van der Waals surface area contributed by atoms with Gasteiger partial charge in [0.25, 0.3) is 0 Å². The van der Waals surface area contributed by atoms with Crippen LogP contribution in [0.4, 0.5) is 0 Å². The van der Waals surface area contributed by atoms with E-state index in [1.165, 1.54) is 21.1 Å². The largest absolute Gasteiger partial charge is 0.507 e. The van der Waals surface area contributed by atoms with Gasteiger partial charge in [-0.1, -0.05) is 23.2 Å². The number of fused-ring (bicyclic) bond motifs is 5. The number of halogens is 2. The number of benzene rings is 2. The van der Waals surface area contributed by atoms with Crippen molar-refractivity contribution < 1.29 is 73.2 Å². The van der Waals surface area contributed by atoms with E-state index < -0.39 is 139 Å². The Hall–Kier alpha value is -3.97. The minimum Gasteiger partial charge on any atom is -0.507 e. The van der Waals surface area contributed by atoms with Crippen LogP contribution in [0.15, 0.2) is 16.8 Å². The lowest BCUT2D eigenvalue weighted by atomic mass is 9.56. The Morgan fingerprint density at radius 1 is 0.942 bits per heavy atom. The molecule has 0 bridgehead atoms. The lowest BCUT2D eigenvalue weighted by Crippen LogP contribution is -2.73. The monoisotopic (exact) mass is 765 g/mol. The molecular weight excluding hydrogens is 733 g/mol. The lowest BCUT2D eigenvalue weighted by molar-refractivity contribution is -0.236. The molecule has 3 aliphatic carbocycles. The fourth-order valence-corrected chi connectivity index (χ4v) is 8.40. The third-order valence-electron chi connectivity index (χ3n) is 10.4. The van der Waals surface area contributed by atoms with Gasteiger partial charge in [0.1, 0.15) is 46.1 Å².